The standard InChI is InChI=1S/C16H22ClNO3/c1-12-9-13(17)3-4-14(12)21-10-15(19)18-11-16(2)5-7-20-8-6-16/h3-4,9H,5-8,10-11H2,1-2H3,(H,18,19). The predicted octanol–water partition coefficient (Wildman–Crippen LogP) is 2.96. The zero-order chi connectivity index (χ0) is 15.3. The summed E-state index contributed by atoms with van der Waals surface area (Å²) in [6.07, 6.45) is 1.95. The van der Waals surface area contributed by atoms with Crippen molar-refractivity contribution in [1.29, 1.82) is 0 Å². The number of halogens is 1. The lowest BCUT2D eigenvalue weighted by molar-refractivity contribution is -0.124. The van der Waals surface area contributed by atoms with Crippen LogP contribution in [0.15, 0.2) is 18.2 Å². The highest BCUT2D eigenvalue weighted by molar-refractivity contribution is 6.30. The molecule has 0 aliphatic carbocycles. The van der Waals surface area contributed by atoms with E-state index in [0.29, 0.717) is 17.3 Å². The highest BCUT2D eigenvalue weighted by Crippen LogP contribution is 2.28. The van der Waals surface area contributed by atoms with Gasteiger partial charge in [0.15, 0.2) is 6.61 Å². The van der Waals surface area contributed by atoms with Crippen LogP contribution in [0.3, 0.4) is 0 Å². The van der Waals surface area contributed by atoms with Crippen LogP contribution in [0.1, 0.15) is 25.3 Å². The number of benzene rings is 1. The lowest BCUT2D eigenvalue weighted by atomic mass is 9.82. The molecule has 0 bridgehead atoms. The fourth-order valence-electron chi connectivity index (χ4n) is 2.32. The molecular formula is C16H22ClNO3. The first-order valence-electron chi connectivity index (χ1n) is 7.22. The van der Waals surface area contributed by atoms with E-state index >= 15 is 0 Å². The average Bonchev–Trinajstić information content (AvgIpc) is 2.45. The van der Waals surface area contributed by atoms with Gasteiger partial charge in [-0.1, -0.05) is 18.5 Å². The number of ether oxygens (including phenoxy) is 2. The Hall–Kier alpha value is -1.26. The molecule has 0 spiro atoms. The maximum absolute atomic E-state index is 11.9. The van der Waals surface area contributed by atoms with Gasteiger partial charge in [-0.25, -0.2) is 0 Å². The molecule has 1 saturated heterocycles. The van der Waals surface area contributed by atoms with Gasteiger partial charge in [-0.15, -0.1) is 0 Å². The third kappa shape index (κ3) is 4.90. The number of aryl methyl sites for hydroxylation is 1. The first-order chi connectivity index (χ1) is 9.98. The van der Waals surface area contributed by atoms with Gasteiger partial charge in [0.25, 0.3) is 5.91 Å². The summed E-state index contributed by atoms with van der Waals surface area (Å²) in [6.45, 7) is 6.31. The lowest BCUT2D eigenvalue weighted by Crippen LogP contribution is -2.41. The summed E-state index contributed by atoms with van der Waals surface area (Å²) in [5.41, 5.74) is 1.05. The summed E-state index contributed by atoms with van der Waals surface area (Å²) < 4.78 is 10.9. The van der Waals surface area contributed by atoms with E-state index in [0.717, 1.165) is 31.6 Å². The second-order valence-electron chi connectivity index (χ2n) is 5.90. The Labute approximate surface area is 130 Å². The van der Waals surface area contributed by atoms with E-state index in [1.165, 1.54) is 0 Å². The Bertz CT molecular complexity index is 498. The fourth-order valence-corrected chi connectivity index (χ4v) is 2.55. The molecule has 1 heterocycles. The summed E-state index contributed by atoms with van der Waals surface area (Å²) >= 11 is 5.89. The summed E-state index contributed by atoms with van der Waals surface area (Å²) in [7, 11) is 0. The van der Waals surface area contributed by atoms with Crippen molar-refractivity contribution < 1.29 is 14.3 Å². The molecule has 1 aromatic rings. The summed E-state index contributed by atoms with van der Waals surface area (Å²) in [4.78, 5) is 11.9. The average molecular weight is 312 g/mol. The molecule has 1 aliphatic heterocycles. The molecule has 1 amide bonds. The van der Waals surface area contributed by atoms with Gasteiger partial charge in [0, 0.05) is 24.8 Å². The van der Waals surface area contributed by atoms with E-state index < -0.39 is 0 Å². The minimum Gasteiger partial charge on any atom is -0.484 e. The van der Waals surface area contributed by atoms with Gasteiger partial charge in [0.2, 0.25) is 0 Å². The molecule has 0 unspecified atom stereocenters. The Balaban J connectivity index is 1.77. The molecule has 1 N–H and O–H groups in total. The minimum absolute atomic E-state index is 0.0229. The van der Waals surface area contributed by atoms with Gasteiger partial charge < -0.3 is 14.8 Å². The van der Waals surface area contributed by atoms with Crippen LogP contribution in [0.2, 0.25) is 5.02 Å². The molecule has 116 valence electrons. The van der Waals surface area contributed by atoms with Gasteiger partial charge in [-0.2, -0.15) is 0 Å². The Morgan fingerprint density at radius 2 is 2.14 bits per heavy atom. The van der Waals surface area contributed by atoms with Crippen LogP contribution in [0.4, 0.5) is 0 Å². The van der Waals surface area contributed by atoms with Gasteiger partial charge >= 0.3 is 0 Å². The number of carbonyl (C=O) groups is 1. The van der Waals surface area contributed by atoms with E-state index in [-0.39, 0.29) is 17.9 Å². The number of amides is 1. The Morgan fingerprint density at radius 3 is 2.81 bits per heavy atom. The first-order valence-corrected chi connectivity index (χ1v) is 7.60. The summed E-state index contributed by atoms with van der Waals surface area (Å²) in [5.74, 6) is 0.587. The molecule has 1 aromatic carbocycles. The largest absolute Gasteiger partial charge is 0.484 e. The van der Waals surface area contributed by atoms with Crippen molar-refractivity contribution in [2.24, 2.45) is 5.41 Å². The van der Waals surface area contributed by atoms with Crippen LogP contribution in [-0.2, 0) is 9.53 Å². The minimum atomic E-state index is -0.0999. The smallest absolute Gasteiger partial charge is 0.257 e. The van der Waals surface area contributed by atoms with Gasteiger partial charge in [-0.3, -0.25) is 4.79 Å². The summed E-state index contributed by atoms with van der Waals surface area (Å²) in [6, 6.07) is 5.35. The van der Waals surface area contributed by atoms with E-state index in [1.54, 1.807) is 12.1 Å². The normalized spacial score (nSPS) is 17.3. The number of nitrogens with one attached hydrogen (secondary N) is 1. The van der Waals surface area contributed by atoms with Gasteiger partial charge in [0.05, 0.1) is 0 Å². The molecule has 1 aliphatic rings. The number of rotatable bonds is 5. The third-order valence-electron chi connectivity index (χ3n) is 3.91. The van der Waals surface area contributed by atoms with Crippen molar-refractivity contribution in [3.63, 3.8) is 0 Å². The fraction of sp³-hybridized carbons (Fsp3) is 0.562. The van der Waals surface area contributed by atoms with E-state index in [1.807, 2.05) is 13.0 Å². The highest BCUT2D eigenvalue weighted by atomic mass is 35.5. The molecule has 5 heteroatoms. The van der Waals surface area contributed by atoms with Crippen molar-refractivity contribution in [1.82, 2.24) is 5.32 Å². The zero-order valence-corrected chi connectivity index (χ0v) is 13.3. The Morgan fingerprint density at radius 1 is 1.43 bits per heavy atom. The van der Waals surface area contributed by atoms with E-state index in [9.17, 15) is 4.79 Å². The highest BCUT2D eigenvalue weighted by Gasteiger charge is 2.27. The lowest BCUT2D eigenvalue weighted by Gasteiger charge is -2.33. The van der Waals surface area contributed by atoms with E-state index in [2.05, 4.69) is 12.2 Å². The Kier molecular flexibility index (Phi) is 5.48. The molecule has 0 aromatic heterocycles. The van der Waals surface area contributed by atoms with Crippen LogP contribution in [0.5, 0.6) is 5.75 Å². The molecule has 2 rings (SSSR count). The molecule has 0 radical (unpaired) electrons. The van der Waals surface area contributed by atoms with Crippen molar-refractivity contribution >= 4 is 17.5 Å². The number of carbonyl (C=O) groups excluding carboxylic acids is 1. The SMILES string of the molecule is Cc1cc(Cl)ccc1OCC(=O)NCC1(C)CCOCC1. The molecule has 21 heavy (non-hydrogen) atoms. The van der Waals surface area contributed by atoms with Gasteiger partial charge in [0.1, 0.15) is 5.75 Å². The molecule has 0 saturated carbocycles. The van der Waals surface area contributed by atoms with Crippen LogP contribution >= 0.6 is 11.6 Å². The van der Waals surface area contributed by atoms with Crippen LogP contribution in [0.25, 0.3) is 0 Å². The number of hydrogen-bond donors (Lipinski definition) is 1. The van der Waals surface area contributed by atoms with Crippen LogP contribution < -0.4 is 10.1 Å². The predicted molar refractivity (Wildman–Crippen MR) is 82.9 cm³/mol. The zero-order valence-electron chi connectivity index (χ0n) is 12.6. The monoisotopic (exact) mass is 311 g/mol. The molecule has 0 atom stereocenters. The topological polar surface area (TPSA) is 47.6 Å². The second-order valence-corrected chi connectivity index (χ2v) is 6.33. The second kappa shape index (κ2) is 7.14. The molecular weight excluding hydrogens is 290 g/mol. The van der Waals surface area contributed by atoms with Gasteiger partial charge in [-0.05, 0) is 48.9 Å². The van der Waals surface area contributed by atoms with Crippen molar-refractivity contribution in [2.45, 2.75) is 26.7 Å². The van der Waals surface area contributed by atoms with E-state index in [4.69, 9.17) is 21.1 Å². The maximum atomic E-state index is 11.9. The molecule has 4 nitrogen and oxygen atoms in total. The maximum Gasteiger partial charge on any atom is 0.257 e. The quantitative estimate of drug-likeness (QED) is 0.909. The van der Waals surface area contributed by atoms with Crippen molar-refractivity contribution in [3.8, 4) is 5.75 Å². The summed E-state index contributed by atoms with van der Waals surface area (Å²) in [5, 5.41) is 3.61. The third-order valence-corrected chi connectivity index (χ3v) is 4.14. The van der Waals surface area contributed by atoms with Crippen LogP contribution in [0, 0.1) is 12.3 Å². The molecule has 1 fully saturated rings. The first kappa shape index (κ1) is 16.1. The van der Waals surface area contributed by atoms with Crippen LogP contribution in [-0.4, -0.2) is 32.3 Å². The number of hydrogen-bond acceptors (Lipinski definition) is 3. The van der Waals surface area contributed by atoms with Crippen molar-refractivity contribution in [3.05, 3.63) is 28.8 Å². The van der Waals surface area contributed by atoms with Crippen molar-refractivity contribution in [2.75, 3.05) is 26.4 Å².